The van der Waals surface area contributed by atoms with Crippen LogP contribution >= 0.6 is 0 Å². The monoisotopic (exact) mass is 387 g/mol. The highest BCUT2D eigenvalue weighted by atomic mass is 19.1. The van der Waals surface area contributed by atoms with Gasteiger partial charge in [-0.05, 0) is 48.0 Å². The van der Waals surface area contributed by atoms with E-state index in [0.717, 1.165) is 13.1 Å². The van der Waals surface area contributed by atoms with Crippen LogP contribution in [0.3, 0.4) is 0 Å². The predicted octanol–water partition coefficient (Wildman–Crippen LogP) is 2.08. The number of rotatable bonds is 3. The van der Waals surface area contributed by atoms with Crippen LogP contribution in [0.25, 0.3) is 0 Å². The van der Waals surface area contributed by atoms with Gasteiger partial charge in [0.05, 0.1) is 11.4 Å². The Balaban J connectivity index is 1.26. The van der Waals surface area contributed by atoms with Gasteiger partial charge >= 0.3 is 11.9 Å². The van der Waals surface area contributed by atoms with Gasteiger partial charge in [0.15, 0.2) is 0 Å². The fourth-order valence-corrected chi connectivity index (χ4v) is 5.01. The predicted molar refractivity (Wildman–Crippen MR) is 93.4 cm³/mol. The third-order valence-electron chi connectivity index (χ3n) is 6.67. The fraction of sp³-hybridized carbons (Fsp3) is 0.474. The molecule has 8 nitrogen and oxygen atoms in total. The van der Waals surface area contributed by atoms with E-state index >= 15 is 0 Å². The summed E-state index contributed by atoms with van der Waals surface area (Å²) in [5.74, 6) is -0.0916. The van der Waals surface area contributed by atoms with Crippen LogP contribution in [0, 0.1) is 23.6 Å². The molecule has 5 atom stereocenters. The Morgan fingerprint density at radius 1 is 1.32 bits per heavy atom. The van der Waals surface area contributed by atoms with Crippen LogP contribution < -0.4 is 14.5 Å². The normalized spacial score (nSPS) is 34.8. The van der Waals surface area contributed by atoms with Gasteiger partial charge in [0.25, 0.3) is 5.88 Å². The third kappa shape index (κ3) is 1.87. The van der Waals surface area contributed by atoms with Gasteiger partial charge in [0, 0.05) is 19.7 Å². The molecule has 9 heteroatoms. The maximum Gasteiger partial charge on any atom is 0.418 e. The second-order valence-corrected chi connectivity index (χ2v) is 7.93. The number of carbonyl (C=O) groups is 1. The average molecular weight is 387 g/mol. The molecule has 3 fully saturated rings. The zero-order chi connectivity index (χ0) is 19.2. The van der Waals surface area contributed by atoms with Gasteiger partial charge < -0.3 is 24.0 Å². The topological polar surface area (TPSA) is 88.3 Å². The van der Waals surface area contributed by atoms with E-state index < -0.39 is 17.9 Å². The molecule has 28 heavy (non-hydrogen) atoms. The van der Waals surface area contributed by atoms with Crippen molar-refractivity contribution in [1.29, 1.82) is 0 Å². The molecule has 0 bridgehead atoms. The molecule has 4 aliphatic rings. The summed E-state index contributed by atoms with van der Waals surface area (Å²) < 4.78 is 30.8. The van der Waals surface area contributed by atoms with E-state index in [9.17, 15) is 14.3 Å². The van der Waals surface area contributed by atoms with Crippen molar-refractivity contribution in [2.45, 2.75) is 18.8 Å². The molecule has 6 rings (SSSR count). The van der Waals surface area contributed by atoms with E-state index in [0.29, 0.717) is 40.6 Å². The first kappa shape index (κ1) is 16.2. The van der Waals surface area contributed by atoms with Gasteiger partial charge in [-0.2, -0.15) is 0 Å². The van der Waals surface area contributed by atoms with E-state index in [1.165, 1.54) is 17.2 Å². The maximum atomic E-state index is 14.9. The molecule has 0 radical (unpaired) electrons. The van der Waals surface area contributed by atoms with Crippen LogP contribution in [0.5, 0.6) is 5.88 Å². The summed E-state index contributed by atoms with van der Waals surface area (Å²) in [6.07, 6.45) is 0.786. The molecular weight excluding hydrogens is 369 g/mol. The number of aliphatic hydroxyl groups excluding tert-OH is 1. The van der Waals surface area contributed by atoms with Gasteiger partial charge in [-0.3, -0.25) is 4.90 Å². The molecule has 2 unspecified atom stereocenters. The molecule has 1 aromatic carbocycles. The van der Waals surface area contributed by atoms with Crippen molar-refractivity contribution in [3.63, 3.8) is 0 Å². The second kappa shape index (κ2) is 5.16. The Hall–Kier alpha value is -2.81. The van der Waals surface area contributed by atoms with Gasteiger partial charge in [-0.1, -0.05) is 0 Å². The van der Waals surface area contributed by atoms with Crippen molar-refractivity contribution < 1.29 is 28.3 Å². The lowest BCUT2D eigenvalue weighted by atomic mass is 9.97. The van der Waals surface area contributed by atoms with Crippen LogP contribution in [0.4, 0.5) is 20.6 Å². The Kier molecular flexibility index (Phi) is 2.98. The minimum atomic E-state index is -1.27. The van der Waals surface area contributed by atoms with Crippen LogP contribution in [0.2, 0.25) is 0 Å². The minimum Gasteiger partial charge on any atom is -0.425 e. The van der Waals surface area contributed by atoms with Crippen molar-refractivity contribution in [2.75, 3.05) is 29.5 Å². The van der Waals surface area contributed by atoms with Crippen LogP contribution in [0.15, 0.2) is 29.0 Å². The molecule has 1 N–H and O–H groups in total. The summed E-state index contributed by atoms with van der Waals surface area (Å²) in [7, 11) is 0. The Labute approximate surface area is 159 Å². The number of amides is 1. The molecule has 146 valence electrons. The first-order valence-electron chi connectivity index (χ1n) is 9.35. The van der Waals surface area contributed by atoms with Gasteiger partial charge in [-0.25, -0.2) is 9.18 Å². The largest absolute Gasteiger partial charge is 0.425 e. The number of carbonyl (C=O) groups excluding carboxylic acids is 1. The lowest BCUT2D eigenvalue weighted by Crippen LogP contribution is -2.51. The van der Waals surface area contributed by atoms with E-state index in [-0.39, 0.29) is 12.4 Å². The smallest absolute Gasteiger partial charge is 0.418 e. The summed E-state index contributed by atoms with van der Waals surface area (Å²) in [5, 5.41) is 13.0. The van der Waals surface area contributed by atoms with Crippen molar-refractivity contribution in [2.24, 2.45) is 17.8 Å². The number of anilines is 2. The molecule has 1 aliphatic carbocycles. The highest BCUT2D eigenvalue weighted by Gasteiger charge is 2.64. The van der Waals surface area contributed by atoms with Crippen molar-refractivity contribution in [3.05, 3.63) is 35.8 Å². The summed E-state index contributed by atoms with van der Waals surface area (Å²) >= 11 is 0. The lowest BCUT2D eigenvalue weighted by Gasteiger charge is -2.37. The van der Waals surface area contributed by atoms with E-state index in [4.69, 9.17) is 14.0 Å². The number of benzene rings is 1. The number of nitrogens with zero attached hydrogens (tertiary/aromatic N) is 3. The lowest BCUT2D eigenvalue weighted by molar-refractivity contribution is -0.170. The Morgan fingerprint density at radius 3 is 2.79 bits per heavy atom. The summed E-state index contributed by atoms with van der Waals surface area (Å²) in [4.78, 5) is 15.9. The first-order chi connectivity index (χ1) is 13.5. The van der Waals surface area contributed by atoms with E-state index in [2.05, 4.69) is 5.16 Å². The van der Waals surface area contributed by atoms with Crippen LogP contribution in [-0.4, -0.2) is 42.1 Å². The highest BCUT2D eigenvalue weighted by molar-refractivity contribution is 5.92. The second-order valence-electron chi connectivity index (χ2n) is 7.93. The van der Waals surface area contributed by atoms with Crippen molar-refractivity contribution in [3.8, 4) is 5.88 Å². The Morgan fingerprint density at radius 2 is 2.11 bits per heavy atom. The molecule has 1 spiro atoms. The molecule has 4 heterocycles. The number of fused-ring (bicyclic) bond motifs is 3. The van der Waals surface area contributed by atoms with Gasteiger partial charge in [-0.15, -0.1) is 0 Å². The van der Waals surface area contributed by atoms with Gasteiger partial charge in [0.2, 0.25) is 0 Å². The average Bonchev–Trinajstić information content (AvgIpc) is 2.98. The maximum absolute atomic E-state index is 14.9. The summed E-state index contributed by atoms with van der Waals surface area (Å²) in [5.41, 5.74) is 1.49. The number of ether oxygens (including phenoxy) is 2. The number of piperidine rings is 1. The number of hydrogen-bond acceptors (Lipinski definition) is 7. The fourth-order valence-electron chi connectivity index (χ4n) is 5.01. The zero-order valence-electron chi connectivity index (χ0n) is 15.0. The zero-order valence-corrected chi connectivity index (χ0v) is 15.0. The number of aliphatic hydroxyl groups is 1. The molecular formula is C19H18FN3O5. The Bertz CT molecular complexity index is 984. The molecule has 1 aromatic heterocycles. The van der Waals surface area contributed by atoms with E-state index in [1.807, 2.05) is 4.90 Å². The highest BCUT2D eigenvalue weighted by Crippen LogP contribution is 2.53. The van der Waals surface area contributed by atoms with Crippen LogP contribution in [-0.2, 0) is 10.5 Å². The first-order valence-corrected chi connectivity index (χ1v) is 9.35. The molecule has 2 saturated heterocycles. The van der Waals surface area contributed by atoms with Crippen molar-refractivity contribution in [1.82, 2.24) is 5.16 Å². The molecule has 3 aliphatic heterocycles. The van der Waals surface area contributed by atoms with Gasteiger partial charge in [0.1, 0.15) is 23.7 Å². The quantitative estimate of drug-likeness (QED) is 0.863. The SMILES string of the molecule is CC1N(c2ccc(N3CC4[C@@H](CO)[C@@H]4C3)c(F)c2)C(=O)O[C@@]12Oc1nocc12. The molecule has 1 saturated carbocycles. The number of halogens is 1. The van der Waals surface area contributed by atoms with Crippen molar-refractivity contribution >= 4 is 17.5 Å². The molecule has 1 amide bonds. The standard InChI is InChI=1S/C19H18FN3O5/c1-9-19(14-8-26-21-17(14)27-19)28-18(25)23(9)10-2-3-16(15(20)4-10)22-5-11-12(6-22)13(11)7-24/h2-4,8-9,11-13,24H,5-7H2,1H3/t9?,11-,12?,13+,19+/m1/s1. The summed E-state index contributed by atoms with van der Waals surface area (Å²) in [6, 6.07) is 4.26. The molecule has 2 aromatic rings. The minimum absolute atomic E-state index is 0.206. The van der Waals surface area contributed by atoms with E-state index in [1.54, 1.807) is 19.1 Å². The summed E-state index contributed by atoms with van der Waals surface area (Å²) in [6.45, 7) is 3.48. The number of hydrogen-bond donors (Lipinski definition) is 1. The number of aromatic nitrogens is 1. The third-order valence-corrected chi connectivity index (χ3v) is 6.67. The van der Waals surface area contributed by atoms with Crippen LogP contribution in [0.1, 0.15) is 12.5 Å².